The van der Waals surface area contributed by atoms with E-state index in [2.05, 4.69) is 12.2 Å². The van der Waals surface area contributed by atoms with Gasteiger partial charge in [0.25, 0.3) is 5.91 Å². The maximum atomic E-state index is 13.2. The van der Waals surface area contributed by atoms with Gasteiger partial charge in [-0.1, -0.05) is 90.4 Å². The molecule has 0 radical (unpaired) electrons. The second-order valence-corrected chi connectivity index (χ2v) is 9.15. The number of halogens is 4. The lowest BCUT2D eigenvalue weighted by atomic mass is 10.0. The third kappa shape index (κ3) is 13.5. The molecule has 0 saturated heterocycles. The summed E-state index contributed by atoms with van der Waals surface area (Å²) in [6, 6.07) is 0.650. The molecule has 1 amide bonds. The summed E-state index contributed by atoms with van der Waals surface area (Å²) >= 11 is 0. The molecule has 1 unspecified atom stereocenters. The molecule has 0 fully saturated rings. The highest BCUT2D eigenvalue weighted by atomic mass is 19.4. The molecule has 0 aliphatic heterocycles. The van der Waals surface area contributed by atoms with Gasteiger partial charge in [0.2, 0.25) is 0 Å². The first kappa shape index (κ1) is 30.9. The van der Waals surface area contributed by atoms with Crippen LogP contribution < -0.4 is 5.32 Å². The van der Waals surface area contributed by atoms with Crippen LogP contribution in [-0.2, 0) is 15.7 Å². The molecule has 0 aromatic heterocycles. The minimum atomic E-state index is -4.90. The lowest BCUT2D eigenvalue weighted by Crippen LogP contribution is -2.40. The predicted molar refractivity (Wildman–Crippen MR) is 130 cm³/mol. The van der Waals surface area contributed by atoms with Gasteiger partial charge in [0.1, 0.15) is 11.9 Å². The Morgan fingerprint density at radius 3 is 1.83 bits per heavy atom. The number of nitrogens with one attached hydrogen (secondary N) is 1. The highest BCUT2D eigenvalue weighted by Crippen LogP contribution is 2.32. The van der Waals surface area contributed by atoms with Crippen molar-refractivity contribution >= 4 is 11.9 Å². The average Bonchev–Trinajstić information content (AvgIpc) is 2.80. The number of alkyl halides is 3. The predicted octanol–water partition coefficient (Wildman–Crippen LogP) is 7.99. The van der Waals surface area contributed by atoms with Gasteiger partial charge in [-0.05, 0) is 31.5 Å². The van der Waals surface area contributed by atoms with Crippen molar-refractivity contribution in [2.45, 2.75) is 116 Å². The maximum absolute atomic E-state index is 13.2. The fraction of sp³-hybridized carbons (Fsp3) is 0.704. The van der Waals surface area contributed by atoms with E-state index in [1.54, 1.807) is 0 Å². The molecule has 1 rings (SSSR count). The molecule has 0 saturated carbocycles. The monoisotopic (exact) mass is 503 g/mol. The van der Waals surface area contributed by atoms with Crippen LogP contribution in [0.4, 0.5) is 17.6 Å². The number of benzene rings is 1. The summed E-state index contributed by atoms with van der Waals surface area (Å²) in [6.07, 6.45) is 12.0. The molecule has 8 heteroatoms. The Kier molecular flexibility index (Phi) is 15.3. The van der Waals surface area contributed by atoms with Gasteiger partial charge >= 0.3 is 12.1 Å². The zero-order chi connectivity index (χ0) is 26.1. The van der Waals surface area contributed by atoms with Crippen LogP contribution >= 0.6 is 0 Å². The van der Waals surface area contributed by atoms with E-state index in [0.717, 1.165) is 31.4 Å². The number of hydrogen-bond donors (Lipinski definition) is 1. The minimum absolute atomic E-state index is 0.196. The van der Waals surface area contributed by atoms with Crippen molar-refractivity contribution in [1.82, 2.24) is 5.32 Å². The number of ether oxygens (including phenoxy) is 1. The molecule has 0 aliphatic rings. The summed E-state index contributed by atoms with van der Waals surface area (Å²) < 4.78 is 57.6. The quantitative estimate of drug-likeness (QED) is 0.125. The van der Waals surface area contributed by atoms with Gasteiger partial charge in [0, 0.05) is 0 Å². The van der Waals surface area contributed by atoms with Crippen molar-refractivity contribution in [1.29, 1.82) is 0 Å². The summed E-state index contributed by atoms with van der Waals surface area (Å²) in [5.74, 6) is -2.93. The lowest BCUT2D eigenvalue weighted by Gasteiger charge is -2.16. The number of carbonyl (C=O) groups is 2. The SMILES string of the molecule is CCCCCCCCCCCCCCCCOC(=O)C(C)NC(=O)c1ccc(F)cc1C(F)(F)F. The van der Waals surface area contributed by atoms with Crippen LogP contribution in [0.1, 0.15) is 120 Å². The van der Waals surface area contributed by atoms with Gasteiger partial charge in [-0.2, -0.15) is 13.2 Å². The van der Waals surface area contributed by atoms with Crippen molar-refractivity contribution in [3.63, 3.8) is 0 Å². The highest BCUT2D eigenvalue weighted by Gasteiger charge is 2.36. The van der Waals surface area contributed by atoms with E-state index in [1.165, 1.54) is 71.1 Å². The zero-order valence-electron chi connectivity index (χ0n) is 21.2. The van der Waals surface area contributed by atoms with E-state index >= 15 is 0 Å². The molecule has 0 heterocycles. The van der Waals surface area contributed by atoms with Crippen molar-refractivity contribution in [3.05, 3.63) is 35.1 Å². The molecule has 1 atom stereocenters. The molecule has 4 nitrogen and oxygen atoms in total. The molecule has 1 aromatic rings. The number of unbranched alkanes of at least 4 members (excludes halogenated alkanes) is 13. The summed E-state index contributed by atoms with van der Waals surface area (Å²) in [5, 5.41) is 2.19. The second-order valence-electron chi connectivity index (χ2n) is 9.15. The minimum Gasteiger partial charge on any atom is -0.464 e. The Hall–Kier alpha value is -2.12. The molecule has 200 valence electrons. The molecular weight excluding hydrogens is 462 g/mol. The number of amides is 1. The van der Waals surface area contributed by atoms with E-state index in [9.17, 15) is 27.2 Å². The van der Waals surface area contributed by atoms with Gasteiger partial charge in [-0.25, -0.2) is 9.18 Å². The lowest BCUT2D eigenvalue weighted by molar-refractivity contribution is -0.145. The summed E-state index contributed by atoms with van der Waals surface area (Å²) in [5.41, 5.74) is -2.14. The van der Waals surface area contributed by atoms with Crippen molar-refractivity contribution in [2.75, 3.05) is 6.61 Å². The van der Waals surface area contributed by atoms with Gasteiger partial charge < -0.3 is 10.1 Å². The van der Waals surface area contributed by atoms with Crippen molar-refractivity contribution in [3.8, 4) is 0 Å². The number of rotatable bonds is 18. The van der Waals surface area contributed by atoms with Crippen LogP contribution in [0.5, 0.6) is 0 Å². The number of esters is 1. The smallest absolute Gasteiger partial charge is 0.417 e. The van der Waals surface area contributed by atoms with E-state index < -0.39 is 41.0 Å². The van der Waals surface area contributed by atoms with E-state index in [4.69, 9.17) is 4.74 Å². The molecular formula is C27H41F4NO3. The van der Waals surface area contributed by atoms with Crippen LogP contribution in [0, 0.1) is 5.82 Å². The first-order chi connectivity index (χ1) is 16.7. The van der Waals surface area contributed by atoms with Gasteiger partial charge in [-0.15, -0.1) is 0 Å². The molecule has 0 spiro atoms. The number of carbonyl (C=O) groups excluding carboxylic acids is 2. The largest absolute Gasteiger partial charge is 0.464 e. The summed E-state index contributed by atoms with van der Waals surface area (Å²) in [6.45, 7) is 3.76. The Bertz CT molecular complexity index is 752. The van der Waals surface area contributed by atoms with Crippen LogP contribution in [0.3, 0.4) is 0 Å². The van der Waals surface area contributed by atoms with Crippen LogP contribution in [-0.4, -0.2) is 24.5 Å². The van der Waals surface area contributed by atoms with Crippen LogP contribution in [0.2, 0.25) is 0 Å². The Morgan fingerprint density at radius 1 is 0.857 bits per heavy atom. The Morgan fingerprint density at radius 2 is 1.34 bits per heavy atom. The molecule has 35 heavy (non-hydrogen) atoms. The highest BCUT2D eigenvalue weighted by molar-refractivity contribution is 5.98. The average molecular weight is 504 g/mol. The zero-order valence-corrected chi connectivity index (χ0v) is 21.2. The second kappa shape index (κ2) is 17.3. The Balaban J connectivity index is 2.14. The fourth-order valence-corrected chi connectivity index (χ4v) is 3.88. The standard InChI is InChI=1S/C27H41F4NO3/c1-3-4-5-6-7-8-9-10-11-12-13-14-15-16-19-35-26(34)21(2)32-25(33)23-18-17-22(28)20-24(23)27(29,30)31/h17-18,20-21H,3-16,19H2,1-2H3,(H,32,33). The first-order valence-electron chi connectivity index (χ1n) is 13.0. The molecule has 0 aliphatic carbocycles. The van der Waals surface area contributed by atoms with Crippen molar-refractivity contribution < 1.29 is 31.9 Å². The Labute approximate surface area is 207 Å². The van der Waals surface area contributed by atoms with Crippen molar-refractivity contribution in [2.24, 2.45) is 0 Å². The molecule has 0 bridgehead atoms. The fourth-order valence-electron chi connectivity index (χ4n) is 3.88. The summed E-state index contributed by atoms with van der Waals surface area (Å²) in [4.78, 5) is 24.3. The molecule has 1 aromatic carbocycles. The first-order valence-corrected chi connectivity index (χ1v) is 13.0. The van der Waals surface area contributed by atoms with Gasteiger partial charge in [-0.3, -0.25) is 4.79 Å². The van der Waals surface area contributed by atoms with Crippen LogP contribution in [0.15, 0.2) is 18.2 Å². The van der Waals surface area contributed by atoms with E-state index in [0.29, 0.717) is 6.42 Å². The third-order valence-electron chi connectivity index (χ3n) is 5.98. The number of hydrogen-bond acceptors (Lipinski definition) is 3. The van der Waals surface area contributed by atoms with E-state index in [-0.39, 0.29) is 12.7 Å². The van der Waals surface area contributed by atoms with Gasteiger partial charge in [0.05, 0.1) is 17.7 Å². The van der Waals surface area contributed by atoms with Crippen LogP contribution in [0.25, 0.3) is 0 Å². The van der Waals surface area contributed by atoms with Gasteiger partial charge in [0.15, 0.2) is 0 Å². The molecule has 1 N–H and O–H groups in total. The maximum Gasteiger partial charge on any atom is 0.417 e. The normalized spacial score (nSPS) is 12.4. The summed E-state index contributed by atoms with van der Waals surface area (Å²) in [7, 11) is 0. The third-order valence-corrected chi connectivity index (χ3v) is 5.98. The van der Waals surface area contributed by atoms with E-state index in [1.807, 2.05) is 0 Å². The topological polar surface area (TPSA) is 55.4 Å².